The summed E-state index contributed by atoms with van der Waals surface area (Å²) in [5, 5.41) is 3.07. The van der Waals surface area contributed by atoms with Crippen LogP contribution in [0.25, 0.3) is 0 Å². The number of carbonyl (C=O) groups is 1. The number of likely N-dealkylation sites (N-methyl/N-ethyl adjacent to an activating group) is 1. The topological polar surface area (TPSA) is 32.3 Å². The second-order valence-electron chi connectivity index (χ2n) is 3.03. The maximum atomic E-state index is 13.3. The van der Waals surface area contributed by atoms with Gasteiger partial charge in [0.15, 0.2) is 0 Å². The molecule has 0 spiro atoms. The molecular weight excluding hydrogens is 391 g/mol. The minimum absolute atomic E-state index is 0. The van der Waals surface area contributed by atoms with Gasteiger partial charge in [-0.05, 0) is 12.2 Å². The summed E-state index contributed by atoms with van der Waals surface area (Å²) in [4.78, 5) is 12.1. The fourth-order valence-electron chi connectivity index (χ4n) is 1.24. The van der Waals surface area contributed by atoms with Gasteiger partial charge < -0.3 is 17.6 Å². The molecule has 0 aliphatic rings. The van der Waals surface area contributed by atoms with Crippen LogP contribution in [0.4, 0.5) is 10.1 Å². The van der Waals surface area contributed by atoms with Crippen LogP contribution in [0.15, 0.2) is 18.2 Å². The quantitative estimate of drug-likeness (QED) is 0.441. The van der Waals surface area contributed by atoms with Gasteiger partial charge in [0.2, 0.25) is 6.41 Å². The maximum Gasteiger partial charge on any atom is 2.00 e. The van der Waals surface area contributed by atoms with E-state index in [9.17, 15) is 9.18 Å². The van der Waals surface area contributed by atoms with Crippen LogP contribution in [0.5, 0.6) is 0 Å². The Bertz CT molecular complexity index is 323. The number of nitrogens with zero attached hydrogens (tertiary/aromatic N) is 1. The van der Waals surface area contributed by atoms with E-state index in [0.717, 1.165) is 6.54 Å². The zero-order valence-corrected chi connectivity index (χ0v) is 13.0. The summed E-state index contributed by atoms with van der Waals surface area (Å²) in [7, 11) is 0. The van der Waals surface area contributed by atoms with Crippen molar-refractivity contribution in [2.24, 2.45) is 0 Å². The van der Waals surface area contributed by atoms with Gasteiger partial charge in [0, 0.05) is 18.9 Å². The second-order valence-corrected chi connectivity index (χ2v) is 3.03. The van der Waals surface area contributed by atoms with Crippen LogP contribution >= 0.6 is 0 Å². The third kappa shape index (κ3) is 5.94. The monoisotopic (exact) mass is 408 g/mol. The predicted molar refractivity (Wildman–Crippen MR) is 63.6 cm³/mol. The van der Waals surface area contributed by atoms with Crippen molar-refractivity contribution in [3.63, 3.8) is 0 Å². The number of carbonyl (C=O) groups excluding carboxylic acids is 1. The molecule has 17 heavy (non-hydrogen) atoms. The van der Waals surface area contributed by atoms with Crippen LogP contribution in [0, 0.1) is 19.3 Å². The number of nitrogens with one attached hydrogen (secondary N) is 1. The molecule has 0 aromatic heterocycles. The minimum Gasteiger partial charge on any atom is -0.358 e. The number of benzene rings is 1. The van der Waals surface area contributed by atoms with Gasteiger partial charge in [0.05, 0.1) is 0 Å². The van der Waals surface area contributed by atoms with Crippen molar-refractivity contribution < 1.29 is 30.3 Å². The first-order chi connectivity index (χ1) is 7.29. The van der Waals surface area contributed by atoms with Crippen molar-refractivity contribution in [2.45, 2.75) is 6.92 Å². The van der Waals surface area contributed by atoms with Gasteiger partial charge in [-0.3, -0.25) is 9.18 Å². The number of halogens is 1. The van der Waals surface area contributed by atoms with Crippen molar-refractivity contribution in [1.29, 1.82) is 0 Å². The Morgan fingerprint density at radius 3 is 2.82 bits per heavy atom. The average Bonchev–Trinajstić information content (AvgIpc) is 2.26. The molecule has 0 unspecified atom stereocenters. The molecular formula is C12H17FN2OW. The molecule has 0 fully saturated rings. The van der Waals surface area contributed by atoms with Gasteiger partial charge in [-0.1, -0.05) is 6.92 Å². The standard InChI is InChI=1S/C11H14FN2O.CH3.W/c1-2-13-7-8-14(9-15)11-6-4-3-5-10(11)12;;/h4-6,9,13H,2,7-8H2,1H3;1H3;/q2*-1;+2. The van der Waals surface area contributed by atoms with Gasteiger partial charge in [0.25, 0.3) is 0 Å². The molecule has 0 aliphatic heterocycles. The molecule has 1 aromatic rings. The van der Waals surface area contributed by atoms with Crippen LogP contribution in [0.2, 0.25) is 0 Å². The number of amides is 1. The molecule has 1 amide bonds. The Balaban J connectivity index is 0. The third-order valence-corrected chi connectivity index (χ3v) is 2.01. The molecule has 0 atom stereocenters. The Morgan fingerprint density at radius 1 is 1.59 bits per heavy atom. The predicted octanol–water partition coefficient (Wildman–Crippen LogP) is 1.65. The number of anilines is 1. The van der Waals surface area contributed by atoms with Gasteiger partial charge in [-0.25, -0.2) is 0 Å². The molecule has 0 radical (unpaired) electrons. The zero-order chi connectivity index (χ0) is 11.1. The van der Waals surface area contributed by atoms with Crippen LogP contribution in [0.1, 0.15) is 6.92 Å². The summed E-state index contributed by atoms with van der Waals surface area (Å²) in [5.41, 5.74) is 0.293. The van der Waals surface area contributed by atoms with Crippen molar-refractivity contribution in [1.82, 2.24) is 5.32 Å². The first-order valence-corrected chi connectivity index (χ1v) is 4.87. The van der Waals surface area contributed by atoms with Crippen molar-refractivity contribution >= 4 is 12.1 Å². The minimum atomic E-state index is -0.430. The van der Waals surface area contributed by atoms with Gasteiger partial charge in [-0.15, -0.1) is 12.1 Å². The van der Waals surface area contributed by atoms with Gasteiger partial charge >= 0.3 is 21.1 Å². The molecule has 5 heteroatoms. The maximum absolute atomic E-state index is 13.3. The molecule has 3 nitrogen and oxygen atoms in total. The molecule has 1 rings (SSSR count). The summed E-state index contributed by atoms with van der Waals surface area (Å²) < 4.78 is 13.3. The van der Waals surface area contributed by atoms with E-state index in [4.69, 9.17) is 0 Å². The van der Waals surface area contributed by atoms with E-state index in [1.807, 2.05) is 6.92 Å². The first kappa shape index (κ1) is 18.6. The Kier molecular flexibility index (Phi) is 11.4. The van der Waals surface area contributed by atoms with Crippen LogP contribution < -0.4 is 10.2 Å². The summed E-state index contributed by atoms with van der Waals surface area (Å²) in [6, 6.07) is 6.96. The SMILES string of the molecule is CCNCCN(C=O)c1cc[c-]cc1F.[CH3-].[W+2]. The Hall–Kier alpha value is -0.732. The molecule has 0 aliphatic carbocycles. The van der Waals surface area contributed by atoms with Crippen LogP contribution in [-0.2, 0) is 25.9 Å². The van der Waals surface area contributed by atoms with E-state index in [1.165, 1.54) is 17.0 Å². The average molecular weight is 408 g/mol. The molecule has 0 heterocycles. The first-order valence-electron chi connectivity index (χ1n) is 4.87. The Labute approximate surface area is 117 Å². The van der Waals surface area contributed by atoms with E-state index in [2.05, 4.69) is 11.4 Å². The summed E-state index contributed by atoms with van der Waals surface area (Å²) in [5.74, 6) is -0.430. The second kappa shape index (κ2) is 10.4. The smallest absolute Gasteiger partial charge is 0.358 e. The summed E-state index contributed by atoms with van der Waals surface area (Å²) in [6.45, 7) is 3.91. The Morgan fingerprint density at radius 2 is 2.29 bits per heavy atom. The van der Waals surface area contributed by atoms with Crippen molar-refractivity contribution in [2.75, 3.05) is 24.5 Å². The fourth-order valence-corrected chi connectivity index (χ4v) is 1.24. The van der Waals surface area contributed by atoms with Crippen molar-refractivity contribution in [3.05, 3.63) is 37.5 Å². The van der Waals surface area contributed by atoms with Crippen LogP contribution in [-0.4, -0.2) is 26.0 Å². The molecule has 0 saturated carbocycles. The number of hydrogen-bond acceptors (Lipinski definition) is 2. The molecule has 0 saturated heterocycles. The van der Waals surface area contributed by atoms with Crippen molar-refractivity contribution in [3.8, 4) is 0 Å². The largest absolute Gasteiger partial charge is 2.00 e. The number of hydrogen-bond donors (Lipinski definition) is 1. The molecule has 0 bridgehead atoms. The van der Waals surface area contributed by atoms with Gasteiger partial charge in [0.1, 0.15) is 0 Å². The van der Waals surface area contributed by atoms with E-state index >= 15 is 0 Å². The zero-order valence-electron chi connectivity index (χ0n) is 10.1. The number of rotatable bonds is 6. The van der Waals surface area contributed by atoms with E-state index in [1.54, 1.807) is 6.07 Å². The third-order valence-electron chi connectivity index (χ3n) is 2.01. The van der Waals surface area contributed by atoms with E-state index in [-0.39, 0.29) is 28.5 Å². The van der Waals surface area contributed by atoms with E-state index in [0.29, 0.717) is 25.2 Å². The molecule has 1 aromatic carbocycles. The van der Waals surface area contributed by atoms with Gasteiger partial charge in [-0.2, -0.15) is 12.1 Å². The van der Waals surface area contributed by atoms with E-state index < -0.39 is 5.82 Å². The molecule has 1 N–H and O–H groups in total. The summed E-state index contributed by atoms with van der Waals surface area (Å²) >= 11 is 0. The summed E-state index contributed by atoms with van der Waals surface area (Å²) in [6.07, 6.45) is 0.635. The fraction of sp³-hybridized carbons (Fsp3) is 0.333. The molecule has 94 valence electrons. The van der Waals surface area contributed by atoms with Crippen LogP contribution in [0.3, 0.4) is 0 Å². The normalized spacial score (nSPS) is 8.82.